The van der Waals surface area contributed by atoms with Crippen molar-refractivity contribution in [2.45, 2.75) is 0 Å². The van der Waals surface area contributed by atoms with Crippen molar-refractivity contribution in [2.24, 2.45) is 12.2 Å². The maximum Gasteiger partial charge on any atom is 0.330 e. The predicted octanol–water partition coefficient (Wildman–Crippen LogP) is -0.823. The Bertz CT molecular complexity index is 429. The van der Waals surface area contributed by atoms with Crippen molar-refractivity contribution >= 4 is 5.69 Å². The number of nitrogens with zero attached hydrogens (tertiary/aromatic N) is 2. The number of aromatic nitrogens is 2. The molecule has 0 atom stereocenters. The third kappa shape index (κ3) is 1.00. The van der Waals surface area contributed by atoms with Crippen molar-refractivity contribution in [1.29, 1.82) is 0 Å². The summed E-state index contributed by atoms with van der Waals surface area (Å²) in [7, 11) is 1.20. The Kier molecular flexibility index (Phi) is 1.78. The largest absolute Gasteiger partial charge is 0.493 e. The minimum atomic E-state index is -0.995. The van der Waals surface area contributed by atoms with Crippen LogP contribution in [0.2, 0.25) is 0 Å². The molecule has 1 heterocycles. The maximum atomic E-state index is 10.7. The van der Waals surface area contributed by atoms with Crippen molar-refractivity contribution in [2.75, 3.05) is 0 Å². The molecule has 0 aliphatic heterocycles. The first-order valence-electron chi connectivity index (χ1n) is 2.93. The number of nitroso groups, excluding NO2 is 1. The van der Waals surface area contributed by atoms with E-state index < -0.39 is 22.8 Å². The lowest BCUT2D eigenvalue weighted by Gasteiger charge is -1.99. The summed E-state index contributed by atoms with van der Waals surface area (Å²) < 4.78 is 0.706. The van der Waals surface area contributed by atoms with Crippen molar-refractivity contribution in [3.05, 3.63) is 25.7 Å². The average molecular weight is 171 g/mol. The molecule has 0 fully saturated rings. The number of hydrogen-bond acceptors (Lipinski definition) is 5. The molecule has 7 nitrogen and oxygen atoms in total. The van der Waals surface area contributed by atoms with Crippen LogP contribution in [0.1, 0.15) is 0 Å². The molecule has 1 aromatic heterocycles. The summed E-state index contributed by atoms with van der Waals surface area (Å²) in [5.74, 6) is -0.737. The molecule has 0 spiro atoms. The van der Waals surface area contributed by atoms with Gasteiger partial charge in [-0.25, -0.2) is 4.79 Å². The summed E-state index contributed by atoms with van der Waals surface area (Å²) in [6.45, 7) is 0. The van der Waals surface area contributed by atoms with Gasteiger partial charge >= 0.3 is 5.69 Å². The van der Waals surface area contributed by atoms with E-state index in [1.54, 1.807) is 4.98 Å². The molecule has 0 aromatic carbocycles. The lowest BCUT2D eigenvalue weighted by molar-refractivity contribution is 0.420. The Balaban J connectivity index is 3.74. The number of aromatic amines is 1. The van der Waals surface area contributed by atoms with Gasteiger partial charge in [0.15, 0.2) is 0 Å². The first kappa shape index (κ1) is 8.18. The lowest BCUT2D eigenvalue weighted by Crippen LogP contribution is -2.27. The average Bonchev–Trinajstić information content (AvgIpc) is 2.01. The van der Waals surface area contributed by atoms with E-state index in [0.717, 1.165) is 0 Å². The molecule has 0 aliphatic rings. The van der Waals surface area contributed by atoms with E-state index in [-0.39, 0.29) is 0 Å². The van der Waals surface area contributed by atoms with E-state index in [4.69, 9.17) is 5.11 Å². The van der Waals surface area contributed by atoms with Gasteiger partial charge in [-0.1, -0.05) is 0 Å². The second-order valence-corrected chi connectivity index (χ2v) is 2.08. The molecule has 2 N–H and O–H groups in total. The summed E-state index contributed by atoms with van der Waals surface area (Å²) in [5, 5.41) is 11.3. The standard InChI is InChI=1S/C5H5N3O4/c1-8-4(10)2(7-12)3(9)6-5(8)11/h10H,1H3,(H,6,9,11). The van der Waals surface area contributed by atoms with E-state index in [2.05, 4.69) is 5.18 Å². The molecular weight excluding hydrogens is 166 g/mol. The molecule has 0 aliphatic carbocycles. The van der Waals surface area contributed by atoms with Crippen LogP contribution in [0.25, 0.3) is 0 Å². The topological polar surface area (TPSA) is 105 Å². The molecule has 1 aromatic rings. The number of rotatable bonds is 1. The number of hydrogen-bond donors (Lipinski definition) is 2. The molecule has 7 heteroatoms. The minimum absolute atomic E-state index is 0.697. The Hall–Kier alpha value is -1.92. The second-order valence-electron chi connectivity index (χ2n) is 2.08. The predicted molar refractivity (Wildman–Crippen MR) is 39.4 cm³/mol. The first-order valence-corrected chi connectivity index (χ1v) is 2.93. The highest BCUT2D eigenvalue weighted by Crippen LogP contribution is 2.16. The number of nitrogens with one attached hydrogen (secondary N) is 1. The maximum absolute atomic E-state index is 10.7. The van der Waals surface area contributed by atoms with Gasteiger partial charge in [0.05, 0.1) is 0 Å². The van der Waals surface area contributed by atoms with E-state index in [1.807, 2.05) is 0 Å². The summed E-state index contributed by atoms with van der Waals surface area (Å²) in [4.78, 5) is 33.2. The van der Waals surface area contributed by atoms with E-state index in [9.17, 15) is 14.5 Å². The second kappa shape index (κ2) is 2.61. The summed E-state index contributed by atoms with van der Waals surface area (Å²) in [6, 6.07) is 0. The van der Waals surface area contributed by atoms with Crippen LogP contribution in [0, 0.1) is 4.91 Å². The zero-order chi connectivity index (χ0) is 9.30. The molecule has 0 amide bonds. The highest BCUT2D eigenvalue weighted by atomic mass is 16.3. The third-order valence-electron chi connectivity index (χ3n) is 1.36. The molecule has 0 saturated carbocycles. The fourth-order valence-electron chi connectivity index (χ4n) is 0.679. The molecular formula is C5H5N3O4. The molecule has 64 valence electrons. The third-order valence-corrected chi connectivity index (χ3v) is 1.36. The van der Waals surface area contributed by atoms with Gasteiger partial charge in [0.25, 0.3) is 5.56 Å². The normalized spacial score (nSPS) is 9.75. The van der Waals surface area contributed by atoms with Gasteiger partial charge in [0, 0.05) is 7.05 Å². The quantitative estimate of drug-likeness (QED) is 0.538. The smallest absolute Gasteiger partial charge is 0.330 e. The molecule has 0 radical (unpaired) electrons. The number of aromatic hydroxyl groups is 1. The highest BCUT2D eigenvalue weighted by molar-refractivity contribution is 5.43. The van der Waals surface area contributed by atoms with Crippen LogP contribution >= 0.6 is 0 Å². The lowest BCUT2D eigenvalue weighted by atomic mass is 10.5. The van der Waals surface area contributed by atoms with Gasteiger partial charge in [-0.15, -0.1) is 4.91 Å². The molecule has 0 bridgehead atoms. The van der Waals surface area contributed by atoms with Crippen molar-refractivity contribution in [3.8, 4) is 5.88 Å². The molecule has 0 saturated heterocycles. The van der Waals surface area contributed by atoms with Crippen LogP contribution in [0.3, 0.4) is 0 Å². The highest BCUT2D eigenvalue weighted by Gasteiger charge is 2.11. The van der Waals surface area contributed by atoms with Crippen LogP contribution in [-0.4, -0.2) is 14.7 Å². The fraction of sp³-hybridized carbons (Fsp3) is 0.200. The molecule has 1 rings (SSSR count). The Morgan fingerprint density at radius 2 is 2.08 bits per heavy atom. The van der Waals surface area contributed by atoms with Gasteiger partial charge in [0.2, 0.25) is 11.6 Å². The summed E-state index contributed by atoms with van der Waals surface area (Å²) in [5.41, 5.74) is -2.49. The van der Waals surface area contributed by atoms with Crippen LogP contribution in [0.5, 0.6) is 5.88 Å². The summed E-state index contributed by atoms with van der Waals surface area (Å²) in [6.07, 6.45) is 0. The van der Waals surface area contributed by atoms with Gasteiger partial charge in [-0.3, -0.25) is 14.3 Å². The Morgan fingerprint density at radius 1 is 1.50 bits per heavy atom. The Labute approximate surface area is 65.3 Å². The molecule has 0 unspecified atom stereocenters. The van der Waals surface area contributed by atoms with Gasteiger partial charge in [-0.2, -0.15) is 0 Å². The zero-order valence-electron chi connectivity index (χ0n) is 6.07. The van der Waals surface area contributed by atoms with Crippen LogP contribution in [0.15, 0.2) is 14.8 Å². The van der Waals surface area contributed by atoms with E-state index >= 15 is 0 Å². The van der Waals surface area contributed by atoms with Gasteiger partial charge in [-0.05, 0) is 5.18 Å². The molecule has 12 heavy (non-hydrogen) atoms. The summed E-state index contributed by atoms with van der Waals surface area (Å²) >= 11 is 0. The number of H-pyrrole nitrogens is 1. The van der Waals surface area contributed by atoms with Crippen LogP contribution in [-0.2, 0) is 7.05 Å². The van der Waals surface area contributed by atoms with E-state index in [0.29, 0.717) is 4.57 Å². The first-order chi connectivity index (χ1) is 5.57. The Morgan fingerprint density at radius 3 is 2.58 bits per heavy atom. The minimum Gasteiger partial charge on any atom is -0.493 e. The van der Waals surface area contributed by atoms with Crippen LogP contribution < -0.4 is 11.2 Å². The van der Waals surface area contributed by atoms with Gasteiger partial charge in [0.1, 0.15) is 0 Å². The zero-order valence-corrected chi connectivity index (χ0v) is 6.07. The van der Waals surface area contributed by atoms with Crippen molar-refractivity contribution < 1.29 is 5.11 Å². The van der Waals surface area contributed by atoms with E-state index in [1.165, 1.54) is 7.05 Å². The van der Waals surface area contributed by atoms with Gasteiger partial charge < -0.3 is 5.11 Å². The monoisotopic (exact) mass is 171 g/mol. The van der Waals surface area contributed by atoms with Crippen molar-refractivity contribution in [1.82, 2.24) is 9.55 Å². The fourth-order valence-corrected chi connectivity index (χ4v) is 0.679. The van der Waals surface area contributed by atoms with Crippen LogP contribution in [0.4, 0.5) is 5.69 Å². The SMILES string of the molecule is Cn1c(O)c(N=O)c(=O)[nH]c1=O. The van der Waals surface area contributed by atoms with Crippen molar-refractivity contribution in [3.63, 3.8) is 0 Å².